The number of hydrogen-bond acceptors (Lipinski definition) is 6. The average Bonchev–Trinajstić information content (AvgIpc) is 3.09. The summed E-state index contributed by atoms with van der Waals surface area (Å²) in [6.07, 6.45) is -3.00. The van der Waals surface area contributed by atoms with Crippen LogP contribution in [0.25, 0.3) is 11.4 Å². The summed E-state index contributed by atoms with van der Waals surface area (Å²) in [6, 6.07) is 6.86. The molecular formula is C14H12F3N5O. The predicted octanol–water partition coefficient (Wildman–Crippen LogP) is 3.05. The summed E-state index contributed by atoms with van der Waals surface area (Å²) in [4.78, 5) is 3.31. The largest absolute Gasteiger partial charge is 0.471 e. The summed E-state index contributed by atoms with van der Waals surface area (Å²) >= 11 is 0. The van der Waals surface area contributed by atoms with Crippen LogP contribution in [-0.4, -0.2) is 16.7 Å². The van der Waals surface area contributed by atoms with Crippen LogP contribution in [0.1, 0.15) is 18.7 Å². The molecule has 1 aromatic heterocycles. The van der Waals surface area contributed by atoms with Crippen molar-refractivity contribution in [2.45, 2.75) is 19.0 Å². The summed E-state index contributed by atoms with van der Waals surface area (Å²) in [5.41, 5.74) is 6.80. The van der Waals surface area contributed by atoms with Gasteiger partial charge < -0.3 is 15.6 Å². The SMILES string of the molecule is N#CC1(CNc2ccc(-c3noc(C(F)(F)F)n3)cc2N)CC1. The minimum Gasteiger partial charge on any atom is -0.397 e. The molecule has 0 radical (unpaired) electrons. The van der Waals surface area contributed by atoms with E-state index in [9.17, 15) is 13.2 Å². The predicted molar refractivity (Wildman–Crippen MR) is 74.9 cm³/mol. The molecule has 0 bridgehead atoms. The highest BCUT2D eigenvalue weighted by Gasteiger charge is 2.43. The van der Waals surface area contributed by atoms with Gasteiger partial charge >= 0.3 is 12.1 Å². The van der Waals surface area contributed by atoms with E-state index in [0.29, 0.717) is 23.5 Å². The highest BCUT2D eigenvalue weighted by atomic mass is 19.4. The van der Waals surface area contributed by atoms with Gasteiger partial charge in [-0.2, -0.15) is 23.4 Å². The number of nitriles is 1. The van der Waals surface area contributed by atoms with E-state index >= 15 is 0 Å². The highest BCUT2D eigenvalue weighted by Crippen LogP contribution is 2.45. The van der Waals surface area contributed by atoms with Gasteiger partial charge in [-0.25, -0.2) is 0 Å². The van der Waals surface area contributed by atoms with Gasteiger partial charge in [0.2, 0.25) is 5.82 Å². The van der Waals surface area contributed by atoms with Crippen molar-refractivity contribution in [1.82, 2.24) is 10.1 Å². The first-order valence-corrected chi connectivity index (χ1v) is 6.79. The second-order valence-electron chi connectivity index (χ2n) is 5.47. The molecule has 9 heteroatoms. The molecule has 0 saturated heterocycles. The van der Waals surface area contributed by atoms with E-state index in [1.165, 1.54) is 12.1 Å². The van der Waals surface area contributed by atoms with E-state index in [4.69, 9.17) is 11.0 Å². The van der Waals surface area contributed by atoms with Crippen LogP contribution in [0, 0.1) is 16.7 Å². The molecular weight excluding hydrogens is 311 g/mol. The fourth-order valence-corrected chi connectivity index (χ4v) is 2.06. The lowest BCUT2D eigenvalue weighted by Crippen LogP contribution is -2.14. The van der Waals surface area contributed by atoms with Crippen LogP contribution in [0.15, 0.2) is 22.7 Å². The lowest BCUT2D eigenvalue weighted by Gasteiger charge is -2.12. The van der Waals surface area contributed by atoms with Crippen LogP contribution in [0.3, 0.4) is 0 Å². The molecule has 1 aliphatic rings. The second kappa shape index (κ2) is 5.15. The first kappa shape index (κ1) is 15.1. The molecule has 2 aromatic rings. The fourth-order valence-electron chi connectivity index (χ4n) is 2.06. The van der Waals surface area contributed by atoms with Crippen LogP contribution < -0.4 is 11.1 Å². The second-order valence-corrected chi connectivity index (χ2v) is 5.47. The van der Waals surface area contributed by atoms with Crippen molar-refractivity contribution in [1.29, 1.82) is 5.26 Å². The lowest BCUT2D eigenvalue weighted by molar-refractivity contribution is -0.159. The van der Waals surface area contributed by atoms with Crippen molar-refractivity contribution in [2.75, 3.05) is 17.6 Å². The maximum Gasteiger partial charge on any atom is 0.471 e. The molecule has 120 valence electrons. The molecule has 3 N–H and O–H groups in total. The molecule has 23 heavy (non-hydrogen) atoms. The number of nitrogens with zero attached hydrogens (tertiary/aromatic N) is 3. The zero-order valence-corrected chi connectivity index (χ0v) is 11.8. The fraction of sp³-hybridized carbons (Fsp3) is 0.357. The van der Waals surface area contributed by atoms with Crippen LogP contribution in [-0.2, 0) is 6.18 Å². The number of hydrogen-bond donors (Lipinski definition) is 2. The third-order valence-corrected chi connectivity index (χ3v) is 3.69. The Morgan fingerprint density at radius 2 is 2.13 bits per heavy atom. The number of alkyl halides is 3. The zero-order chi connectivity index (χ0) is 16.7. The van der Waals surface area contributed by atoms with Crippen LogP contribution >= 0.6 is 0 Å². The van der Waals surface area contributed by atoms with Gasteiger partial charge in [0.1, 0.15) is 0 Å². The number of nitrogens with two attached hydrogens (primary N) is 1. The van der Waals surface area contributed by atoms with Crippen molar-refractivity contribution >= 4 is 11.4 Å². The molecule has 1 saturated carbocycles. The Kier molecular flexibility index (Phi) is 3.39. The van der Waals surface area contributed by atoms with E-state index in [2.05, 4.69) is 26.0 Å². The quantitative estimate of drug-likeness (QED) is 0.839. The number of nitrogens with one attached hydrogen (secondary N) is 1. The van der Waals surface area contributed by atoms with E-state index in [1.54, 1.807) is 6.07 Å². The molecule has 1 heterocycles. The Bertz CT molecular complexity index is 773. The summed E-state index contributed by atoms with van der Waals surface area (Å²) in [5.74, 6) is -1.59. The Morgan fingerprint density at radius 3 is 2.65 bits per heavy atom. The maximum atomic E-state index is 12.5. The van der Waals surface area contributed by atoms with Crippen molar-refractivity contribution < 1.29 is 17.7 Å². The highest BCUT2D eigenvalue weighted by molar-refractivity contribution is 5.73. The molecule has 3 rings (SSSR count). The lowest BCUT2D eigenvalue weighted by atomic mass is 10.1. The van der Waals surface area contributed by atoms with Gasteiger partial charge in [0.25, 0.3) is 0 Å². The van der Waals surface area contributed by atoms with E-state index < -0.39 is 12.1 Å². The summed E-state index contributed by atoms with van der Waals surface area (Å²) in [5, 5.41) is 15.4. The smallest absolute Gasteiger partial charge is 0.397 e. The number of anilines is 2. The van der Waals surface area contributed by atoms with Gasteiger partial charge in [0, 0.05) is 12.1 Å². The van der Waals surface area contributed by atoms with Crippen LogP contribution in [0.5, 0.6) is 0 Å². The normalized spacial score (nSPS) is 15.9. The number of aromatic nitrogens is 2. The Morgan fingerprint density at radius 1 is 1.39 bits per heavy atom. The molecule has 1 aromatic carbocycles. The van der Waals surface area contributed by atoms with Gasteiger partial charge in [-0.05, 0) is 31.0 Å². The van der Waals surface area contributed by atoms with Gasteiger partial charge in [0.15, 0.2) is 0 Å². The van der Waals surface area contributed by atoms with Crippen molar-refractivity contribution in [3.05, 3.63) is 24.1 Å². The van der Waals surface area contributed by atoms with Crippen molar-refractivity contribution in [2.24, 2.45) is 5.41 Å². The van der Waals surface area contributed by atoms with Gasteiger partial charge in [-0.15, -0.1) is 0 Å². The first-order valence-electron chi connectivity index (χ1n) is 6.79. The van der Waals surface area contributed by atoms with E-state index in [1.807, 2.05) is 0 Å². The van der Waals surface area contributed by atoms with Crippen LogP contribution in [0.4, 0.5) is 24.5 Å². The molecule has 0 amide bonds. The molecule has 6 nitrogen and oxygen atoms in total. The number of nitrogen functional groups attached to an aromatic ring is 1. The monoisotopic (exact) mass is 323 g/mol. The minimum absolute atomic E-state index is 0.189. The van der Waals surface area contributed by atoms with Gasteiger partial charge in [-0.3, -0.25) is 0 Å². The van der Waals surface area contributed by atoms with Crippen LogP contribution in [0.2, 0.25) is 0 Å². The molecule has 0 unspecified atom stereocenters. The zero-order valence-electron chi connectivity index (χ0n) is 11.8. The molecule has 0 atom stereocenters. The minimum atomic E-state index is -4.69. The number of rotatable bonds is 4. The van der Waals surface area contributed by atoms with E-state index in [-0.39, 0.29) is 11.2 Å². The standard InChI is InChI=1S/C14H12F3N5O/c15-14(16,17)12-21-11(22-23-12)8-1-2-10(9(19)5-8)20-7-13(6-18)3-4-13/h1-2,5,20H,3-4,7,19H2. The molecule has 1 fully saturated rings. The molecule has 0 spiro atoms. The first-order chi connectivity index (χ1) is 10.8. The Balaban J connectivity index is 1.77. The summed E-state index contributed by atoms with van der Waals surface area (Å²) < 4.78 is 41.6. The number of benzene rings is 1. The van der Waals surface area contributed by atoms with E-state index in [0.717, 1.165) is 12.8 Å². The van der Waals surface area contributed by atoms with Crippen molar-refractivity contribution in [3.63, 3.8) is 0 Å². The van der Waals surface area contributed by atoms with Gasteiger partial charge in [0.05, 0.1) is 22.9 Å². The van der Waals surface area contributed by atoms with Gasteiger partial charge in [-0.1, -0.05) is 5.16 Å². The third kappa shape index (κ3) is 3.06. The molecule has 1 aliphatic carbocycles. The van der Waals surface area contributed by atoms with Crippen molar-refractivity contribution in [3.8, 4) is 17.5 Å². The summed E-state index contributed by atoms with van der Waals surface area (Å²) in [6.45, 7) is 0.480. The number of halogens is 3. The average molecular weight is 323 g/mol. The maximum absolute atomic E-state index is 12.5. The summed E-state index contributed by atoms with van der Waals surface area (Å²) in [7, 11) is 0. The topological polar surface area (TPSA) is 101 Å². The third-order valence-electron chi connectivity index (χ3n) is 3.69. The molecule has 0 aliphatic heterocycles. The Hall–Kier alpha value is -2.76. The Labute approximate surface area is 129 Å².